The van der Waals surface area contributed by atoms with Crippen molar-refractivity contribution < 1.29 is 9.47 Å². The van der Waals surface area contributed by atoms with E-state index in [4.69, 9.17) is 21.1 Å². The van der Waals surface area contributed by atoms with Crippen LogP contribution in [0.4, 0.5) is 0 Å². The van der Waals surface area contributed by atoms with Crippen molar-refractivity contribution in [1.82, 2.24) is 19.6 Å². The third-order valence-electron chi connectivity index (χ3n) is 4.63. The van der Waals surface area contributed by atoms with E-state index in [0.29, 0.717) is 17.5 Å². The number of hydrogen-bond acceptors (Lipinski definition) is 5. The van der Waals surface area contributed by atoms with Gasteiger partial charge < -0.3 is 9.47 Å². The number of aromatic nitrogens is 4. The second-order valence-electron chi connectivity index (χ2n) is 6.21. The largest absolute Gasteiger partial charge is 0.494 e. The Kier molecular flexibility index (Phi) is 3.72. The van der Waals surface area contributed by atoms with Crippen LogP contribution >= 0.6 is 11.6 Å². The van der Waals surface area contributed by atoms with E-state index in [1.807, 2.05) is 49.4 Å². The van der Waals surface area contributed by atoms with Crippen molar-refractivity contribution in [2.45, 2.75) is 12.8 Å². The SMILES string of the molecule is CCOc1ccc2c(c1)Oc1ncn3ncnc3c1C2c1ccc(Cl)cc1. The summed E-state index contributed by atoms with van der Waals surface area (Å²) in [5.41, 5.74) is 3.70. The molecule has 0 bridgehead atoms. The lowest BCUT2D eigenvalue weighted by Gasteiger charge is -2.28. The summed E-state index contributed by atoms with van der Waals surface area (Å²) in [4.78, 5) is 8.89. The van der Waals surface area contributed by atoms with E-state index in [1.165, 1.54) is 6.33 Å². The Morgan fingerprint density at radius 2 is 2.00 bits per heavy atom. The van der Waals surface area contributed by atoms with E-state index in [0.717, 1.165) is 33.8 Å². The predicted octanol–water partition coefficient (Wildman–Crippen LogP) is 4.46. The molecule has 1 aliphatic rings. The minimum absolute atomic E-state index is 0.0999. The van der Waals surface area contributed by atoms with Gasteiger partial charge in [0.05, 0.1) is 12.2 Å². The molecule has 0 amide bonds. The van der Waals surface area contributed by atoms with Crippen LogP contribution in [0.2, 0.25) is 5.02 Å². The maximum Gasteiger partial charge on any atom is 0.228 e. The van der Waals surface area contributed by atoms with Gasteiger partial charge in [0.1, 0.15) is 24.2 Å². The lowest BCUT2D eigenvalue weighted by Crippen LogP contribution is -2.15. The van der Waals surface area contributed by atoms with E-state index < -0.39 is 0 Å². The van der Waals surface area contributed by atoms with Gasteiger partial charge in [-0.25, -0.2) is 14.5 Å². The molecule has 2 aromatic heterocycles. The fourth-order valence-corrected chi connectivity index (χ4v) is 3.62. The first-order valence-electron chi connectivity index (χ1n) is 8.63. The monoisotopic (exact) mass is 378 g/mol. The molecule has 0 radical (unpaired) electrons. The predicted molar refractivity (Wildman–Crippen MR) is 101 cm³/mol. The number of rotatable bonds is 3. The Morgan fingerprint density at radius 1 is 1.15 bits per heavy atom. The Hall–Kier alpha value is -3.12. The first-order chi connectivity index (χ1) is 13.2. The quantitative estimate of drug-likeness (QED) is 0.463. The molecule has 3 heterocycles. The summed E-state index contributed by atoms with van der Waals surface area (Å²) in [6.07, 6.45) is 3.13. The zero-order valence-electron chi connectivity index (χ0n) is 14.5. The minimum Gasteiger partial charge on any atom is -0.494 e. The van der Waals surface area contributed by atoms with Crippen molar-refractivity contribution in [3.05, 3.63) is 76.8 Å². The van der Waals surface area contributed by atoms with Crippen LogP contribution in [-0.4, -0.2) is 26.2 Å². The Labute approximate surface area is 160 Å². The molecule has 1 unspecified atom stereocenters. The summed E-state index contributed by atoms with van der Waals surface area (Å²) >= 11 is 6.10. The van der Waals surface area contributed by atoms with Gasteiger partial charge in [0.25, 0.3) is 0 Å². The summed E-state index contributed by atoms with van der Waals surface area (Å²) in [7, 11) is 0. The third kappa shape index (κ3) is 2.61. The maximum atomic E-state index is 6.12. The van der Waals surface area contributed by atoms with Crippen LogP contribution in [0.25, 0.3) is 5.65 Å². The van der Waals surface area contributed by atoms with Crippen LogP contribution in [0.15, 0.2) is 55.1 Å². The van der Waals surface area contributed by atoms with Crippen molar-refractivity contribution in [2.24, 2.45) is 0 Å². The zero-order valence-corrected chi connectivity index (χ0v) is 15.2. The molecular weight excluding hydrogens is 364 g/mol. The van der Waals surface area contributed by atoms with Crippen molar-refractivity contribution in [1.29, 1.82) is 0 Å². The molecule has 2 aromatic carbocycles. The molecule has 0 saturated heterocycles. The van der Waals surface area contributed by atoms with Crippen molar-refractivity contribution in [2.75, 3.05) is 6.61 Å². The average molecular weight is 379 g/mol. The Balaban J connectivity index is 1.76. The van der Waals surface area contributed by atoms with Gasteiger partial charge in [-0.1, -0.05) is 29.8 Å². The molecule has 6 nitrogen and oxygen atoms in total. The van der Waals surface area contributed by atoms with Gasteiger partial charge in [-0.2, -0.15) is 5.10 Å². The van der Waals surface area contributed by atoms with E-state index in [1.54, 1.807) is 10.8 Å². The van der Waals surface area contributed by atoms with Gasteiger partial charge in [0.2, 0.25) is 5.88 Å². The summed E-state index contributed by atoms with van der Waals surface area (Å²) < 4.78 is 13.4. The second kappa shape index (κ2) is 6.25. The van der Waals surface area contributed by atoms with Gasteiger partial charge in [-0.15, -0.1) is 0 Å². The first-order valence-corrected chi connectivity index (χ1v) is 9.00. The maximum absolute atomic E-state index is 6.12. The molecule has 1 atom stereocenters. The molecule has 0 spiro atoms. The second-order valence-corrected chi connectivity index (χ2v) is 6.65. The molecule has 134 valence electrons. The molecule has 5 rings (SSSR count). The summed E-state index contributed by atoms with van der Waals surface area (Å²) in [5, 5.41) is 4.90. The zero-order chi connectivity index (χ0) is 18.4. The van der Waals surface area contributed by atoms with Gasteiger partial charge in [0.15, 0.2) is 5.65 Å². The summed E-state index contributed by atoms with van der Waals surface area (Å²) in [6.45, 7) is 2.55. The van der Waals surface area contributed by atoms with Crippen LogP contribution in [0.1, 0.15) is 29.5 Å². The van der Waals surface area contributed by atoms with Crippen LogP contribution in [0.3, 0.4) is 0 Å². The number of hydrogen-bond donors (Lipinski definition) is 0. The van der Waals surface area contributed by atoms with Crippen LogP contribution in [0.5, 0.6) is 17.4 Å². The van der Waals surface area contributed by atoms with E-state index in [2.05, 4.69) is 15.1 Å². The van der Waals surface area contributed by atoms with Gasteiger partial charge in [-0.05, 0) is 30.7 Å². The van der Waals surface area contributed by atoms with Crippen molar-refractivity contribution in [3.8, 4) is 17.4 Å². The molecule has 7 heteroatoms. The topological polar surface area (TPSA) is 61.5 Å². The highest BCUT2D eigenvalue weighted by Crippen LogP contribution is 2.48. The summed E-state index contributed by atoms with van der Waals surface area (Å²) in [6, 6.07) is 13.7. The summed E-state index contributed by atoms with van der Waals surface area (Å²) in [5.74, 6) is 1.91. The number of benzene rings is 2. The molecule has 27 heavy (non-hydrogen) atoms. The Morgan fingerprint density at radius 3 is 2.81 bits per heavy atom. The highest BCUT2D eigenvalue weighted by atomic mass is 35.5. The van der Waals surface area contributed by atoms with Crippen molar-refractivity contribution >= 4 is 17.2 Å². The number of halogens is 1. The average Bonchev–Trinajstić information content (AvgIpc) is 3.16. The van der Waals surface area contributed by atoms with Crippen molar-refractivity contribution in [3.63, 3.8) is 0 Å². The lowest BCUT2D eigenvalue weighted by molar-refractivity contribution is 0.336. The fraction of sp³-hybridized carbons (Fsp3) is 0.150. The molecule has 0 aliphatic carbocycles. The van der Waals surface area contributed by atoms with Crippen LogP contribution in [-0.2, 0) is 0 Å². The highest BCUT2D eigenvalue weighted by Gasteiger charge is 2.33. The molecule has 0 fully saturated rings. The van der Waals surface area contributed by atoms with E-state index >= 15 is 0 Å². The van der Waals surface area contributed by atoms with Gasteiger partial charge in [-0.3, -0.25) is 0 Å². The first kappa shape index (κ1) is 16.1. The number of nitrogens with zero attached hydrogens (tertiary/aromatic N) is 4. The molecule has 1 aliphatic heterocycles. The van der Waals surface area contributed by atoms with Crippen LogP contribution < -0.4 is 9.47 Å². The molecular formula is C20H15ClN4O2. The lowest BCUT2D eigenvalue weighted by atomic mass is 9.84. The van der Waals surface area contributed by atoms with E-state index in [9.17, 15) is 0 Å². The smallest absolute Gasteiger partial charge is 0.228 e. The number of ether oxygens (including phenoxy) is 2. The Bertz CT molecular complexity index is 1140. The molecule has 4 aromatic rings. The van der Waals surface area contributed by atoms with Gasteiger partial charge >= 0.3 is 0 Å². The molecule has 0 N–H and O–H groups in total. The van der Waals surface area contributed by atoms with E-state index in [-0.39, 0.29) is 5.92 Å². The highest BCUT2D eigenvalue weighted by molar-refractivity contribution is 6.30. The normalized spacial score (nSPS) is 15.1. The van der Waals surface area contributed by atoms with Gasteiger partial charge in [0, 0.05) is 22.6 Å². The standard InChI is InChI=1S/C20H15ClN4O2/c1-2-26-14-7-8-15-16(9-14)27-20-18(19-22-10-24-25(19)11-23-20)17(15)12-3-5-13(21)6-4-12/h3-11,17H,2H2,1H3. The third-order valence-corrected chi connectivity index (χ3v) is 4.89. The fourth-order valence-electron chi connectivity index (χ4n) is 3.49. The van der Waals surface area contributed by atoms with Crippen LogP contribution in [0, 0.1) is 0 Å². The minimum atomic E-state index is -0.0999. The molecule has 0 saturated carbocycles. The number of fused-ring (bicyclic) bond motifs is 4.